The maximum atomic E-state index is 14.6. The number of likely N-dealkylation sites (tertiary alicyclic amines) is 1. The van der Waals surface area contributed by atoms with E-state index in [0.717, 1.165) is 50.6 Å². The molecule has 4 amide bonds. The number of nitrogens with one attached hydrogen (secondary N) is 3. The number of carbonyl (C=O) groups excluding carboxylic acids is 4. The summed E-state index contributed by atoms with van der Waals surface area (Å²) in [6, 6.07) is 3.45. The van der Waals surface area contributed by atoms with Gasteiger partial charge in [-0.1, -0.05) is 60.5 Å². The molecule has 1 aromatic carbocycles. The number of hydrogen-bond donors (Lipinski definition) is 5. The molecule has 1 saturated heterocycles. The zero-order chi connectivity index (χ0) is 39.5. The average Bonchev–Trinajstić information content (AvgIpc) is 3.66. The maximum Gasteiger partial charge on any atom is 0.270 e. The van der Waals surface area contributed by atoms with E-state index in [1.165, 1.54) is 11.3 Å². The van der Waals surface area contributed by atoms with Crippen molar-refractivity contribution in [3.05, 3.63) is 45.4 Å². The number of amides is 4. The standard InChI is InChI=1S/C40H63N7O6S/c1-8-16-47(40(52)35(25(6)10-3)44-38(51)32-13-11-12-17-46(32)7)33(24(4)5)22-34(53-18-9-2)39-43-31(23-54-39)37(50)42-27-19-26-14-15-28(48)21-29(26)30(20-27)36(49)45-41/h14-15,21,23-25,27,30,32-35,48H,8-13,16-20,22,41H2,1-7H3,(H,42,50)(H,44,51)(H,45,49)/t25-,27-,30+,32+,33?,34+,35-/m0/s1. The molecule has 2 heterocycles. The van der Waals surface area contributed by atoms with Gasteiger partial charge >= 0.3 is 0 Å². The Balaban J connectivity index is 1.54. The Bertz CT molecular complexity index is 1570. The van der Waals surface area contributed by atoms with Gasteiger partial charge in [-0.3, -0.25) is 29.5 Å². The largest absolute Gasteiger partial charge is 0.508 e. The molecule has 2 aliphatic rings. The first kappa shape index (κ1) is 43.1. The number of ether oxygens (including phenoxy) is 1. The van der Waals surface area contributed by atoms with Gasteiger partial charge in [-0.2, -0.15) is 0 Å². The predicted octanol–water partition coefficient (Wildman–Crippen LogP) is 4.80. The van der Waals surface area contributed by atoms with E-state index >= 15 is 0 Å². The molecule has 13 nitrogen and oxygen atoms in total. The fourth-order valence-corrected chi connectivity index (χ4v) is 8.65. The second-order valence-corrected chi connectivity index (χ2v) is 16.3. The van der Waals surface area contributed by atoms with Crippen LogP contribution in [-0.4, -0.2) is 94.4 Å². The van der Waals surface area contributed by atoms with Crippen molar-refractivity contribution < 1.29 is 29.0 Å². The molecule has 4 rings (SSSR count). The zero-order valence-corrected chi connectivity index (χ0v) is 34.0. The van der Waals surface area contributed by atoms with E-state index in [0.29, 0.717) is 43.0 Å². The minimum absolute atomic E-state index is 0.0561. The summed E-state index contributed by atoms with van der Waals surface area (Å²) in [7, 11) is 1.98. The monoisotopic (exact) mass is 769 g/mol. The molecule has 0 radical (unpaired) electrons. The van der Waals surface area contributed by atoms with Crippen molar-refractivity contribution >= 4 is 35.0 Å². The molecule has 2 aromatic rings. The van der Waals surface area contributed by atoms with Gasteiger partial charge in [-0.15, -0.1) is 11.3 Å². The van der Waals surface area contributed by atoms with Crippen LogP contribution in [0.15, 0.2) is 23.6 Å². The number of hydrazine groups is 1. The summed E-state index contributed by atoms with van der Waals surface area (Å²) in [5.41, 5.74) is 4.02. The number of phenols is 1. The van der Waals surface area contributed by atoms with Gasteiger partial charge in [0, 0.05) is 37.0 Å². The molecule has 1 fully saturated rings. The van der Waals surface area contributed by atoms with Crippen LogP contribution in [0.1, 0.15) is 132 Å². The number of hydrogen-bond acceptors (Lipinski definition) is 10. The van der Waals surface area contributed by atoms with Gasteiger partial charge in [-0.25, -0.2) is 10.8 Å². The lowest BCUT2D eigenvalue weighted by molar-refractivity contribution is -0.143. The van der Waals surface area contributed by atoms with Crippen LogP contribution in [0.25, 0.3) is 0 Å². The van der Waals surface area contributed by atoms with Gasteiger partial charge in [-0.05, 0) is 87.2 Å². The van der Waals surface area contributed by atoms with Crippen LogP contribution >= 0.6 is 11.3 Å². The number of benzene rings is 1. The molecule has 1 aliphatic carbocycles. The van der Waals surface area contributed by atoms with E-state index in [2.05, 4.69) is 41.7 Å². The molecule has 6 N–H and O–H groups in total. The Morgan fingerprint density at radius 3 is 2.52 bits per heavy atom. The van der Waals surface area contributed by atoms with E-state index in [1.807, 2.05) is 32.7 Å². The lowest BCUT2D eigenvalue weighted by Crippen LogP contribution is -2.58. The van der Waals surface area contributed by atoms with Crippen molar-refractivity contribution in [2.24, 2.45) is 17.7 Å². The zero-order valence-electron chi connectivity index (χ0n) is 33.2. The first-order valence-corrected chi connectivity index (χ1v) is 20.7. The minimum Gasteiger partial charge on any atom is -0.508 e. The van der Waals surface area contributed by atoms with Crippen molar-refractivity contribution in [2.45, 2.75) is 136 Å². The highest BCUT2D eigenvalue weighted by Crippen LogP contribution is 2.35. The van der Waals surface area contributed by atoms with Crippen LogP contribution in [0.2, 0.25) is 0 Å². The number of piperidine rings is 1. The highest BCUT2D eigenvalue weighted by Gasteiger charge is 2.38. The number of thiazole rings is 1. The molecule has 1 aliphatic heterocycles. The maximum absolute atomic E-state index is 14.6. The summed E-state index contributed by atoms with van der Waals surface area (Å²) in [4.78, 5) is 63.3. The molecule has 0 spiro atoms. The van der Waals surface area contributed by atoms with Crippen LogP contribution in [0.3, 0.4) is 0 Å². The quantitative estimate of drug-likeness (QED) is 0.0809. The van der Waals surface area contributed by atoms with Crippen LogP contribution in [0.4, 0.5) is 0 Å². The number of fused-ring (bicyclic) bond motifs is 1. The molecule has 1 aromatic heterocycles. The van der Waals surface area contributed by atoms with Gasteiger partial charge in [0.05, 0.1) is 12.0 Å². The molecule has 0 saturated carbocycles. The Morgan fingerprint density at radius 2 is 1.87 bits per heavy atom. The third-order valence-electron chi connectivity index (χ3n) is 11.1. The van der Waals surface area contributed by atoms with Crippen LogP contribution in [0, 0.1) is 11.8 Å². The number of nitrogens with two attached hydrogens (primary N) is 1. The van der Waals surface area contributed by atoms with E-state index < -0.39 is 24.0 Å². The highest BCUT2D eigenvalue weighted by molar-refractivity contribution is 7.09. The van der Waals surface area contributed by atoms with Crippen molar-refractivity contribution in [1.29, 1.82) is 0 Å². The summed E-state index contributed by atoms with van der Waals surface area (Å²) < 4.78 is 6.42. The number of aromatic nitrogens is 1. The molecular formula is C40H63N7O6S. The van der Waals surface area contributed by atoms with E-state index in [4.69, 9.17) is 15.6 Å². The summed E-state index contributed by atoms with van der Waals surface area (Å²) in [5.74, 6) is 4.03. The van der Waals surface area contributed by atoms with Gasteiger partial charge in [0.1, 0.15) is 28.6 Å². The van der Waals surface area contributed by atoms with Crippen LogP contribution < -0.4 is 21.9 Å². The number of rotatable bonds is 18. The van der Waals surface area contributed by atoms with E-state index in [9.17, 15) is 24.3 Å². The van der Waals surface area contributed by atoms with Gasteiger partial charge < -0.3 is 25.4 Å². The van der Waals surface area contributed by atoms with Crippen molar-refractivity contribution in [3.8, 4) is 5.75 Å². The second-order valence-electron chi connectivity index (χ2n) is 15.4. The van der Waals surface area contributed by atoms with Crippen LogP contribution in [-0.2, 0) is 25.5 Å². The predicted molar refractivity (Wildman–Crippen MR) is 211 cm³/mol. The topological polar surface area (TPSA) is 179 Å². The third kappa shape index (κ3) is 10.8. The normalized spacial score (nSPS) is 21.0. The lowest BCUT2D eigenvalue weighted by atomic mass is 9.79. The average molecular weight is 770 g/mol. The Kier molecular flexibility index (Phi) is 16.3. The first-order chi connectivity index (χ1) is 25.8. The lowest BCUT2D eigenvalue weighted by Gasteiger charge is -2.40. The first-order valence-electron chi connectivity index (χ1n) is 19.8. The van der Waals surface area contributed by atoms with E-state index in [-0.39, 0.29) is 59.1 Å². The van der Waals surface area contributed by atoms with Crippen LogP contribution in [0.5, 0.6) is 5.75 Å². The van der Waals surface area contributed by atoms with E-state index in [1.54, 1.807) is 23.6 Å². The fourth-order valence-electron chi connectivity index (χ4n) is 7.79. The third-order valence-corrected chi connectivity index (χ3v) is 12.0. The van der Waals surface area contributed by atoms with Crippen molar-refractivity contribution in [1.82, 2.24) is 30.8 Å². The second kappa shape index (κ2) is 20.4. The Morgan fingerprint density at radius 1 is 1.11 bits per heavy atom. The number of phenolic OH excluding ortho intramolecular Hbond substituents is 1. The fraction of sp³-hybridized carbons (Fsp3) is 0.675. The molecule has 14 heteroatoms. The summed E-state index contributed by atoms with van der Waals surface area (Å²) in [6.07, 6.45) is 5.96. The Hall–Kier alpha value is -3.59. The molecular weight excluding hydrogens is 707 g/mol. The number of aromatic hydroxyl groups is 1. The minimum atomic E-state index is -0.649. The summed E-state index contributed by atoms with van der Waals surface area (Å²) in [6.45, 7) is 14.3. The smallest absolute Gasteiger partial charge is 0.270 e. The molecule has 0 bridgehead atoms. The molecule has 54 heavy (non-hydrogen) atoms. The molecule has 1 unspecified atom stereocenters. The van der Waals surface area contributed by atoms with Gasteiger partial charge in [0.15, 0.2) is 0 Å². The van der Waals surface area contributed by atoms with Gasteiger partial charge in [0.25, 0.3) is 5.91 Å². The molecule has 300 valence electrons. The SMILES string of the molecule is CCCO[C@H](CC(C(C)C)N(CCC)C(=O)[C@@H](NC(=O)[C@H]1CCCCN1C)[C@@H](C)CC)c1nc(C(=O)N[C@H]2Cc3ccc(O)cc3[C@H](C(=O)NN)C2)cs1. The molecule has 7 atom stereocenters. The van der Waals surface area contributed by atoms with Crippen molar-refractivity contribution in [2.75, 3.05) is 26.7 Å². The van der Waals surface area contributed by atoms with Gasteiger partial charge in [0.2, 0.25) is 17.7 Å². The number of nitrogens with zero attached hydrogens (tertiary/aromatic N) is 3. The summed E-state index contributed by atoms with van der Waals surface area (Å²) >= 11 is 1.35. The summed E-state index contributed by atoms with van der Waals surface area (Å²) in [5, 5.41) is 18.7. The number of carbonyl (C=O) groups is 4. The number of likely N-dealkylation sites (N-methyl/N-ethyl adjacent to an activating group) is 1. The van der Waals surface area contributed by atoms with Crippen molar-refractivity contribution in [3.63, 3.8) is 0 Å². The highest BCUT2D eigenvalue weighted by atomic mass is 32.1. The Labute approximate surface area is 325 Å².